The van der Waals surface area contributed by atoms with E-state index in [4.69, 9.17) is 16.0 Å². The lowest BCUT2D eigenvalue weighted by molar-refractivity contribution is -0.140. The predicted octanol–water partition coefficient (Wildman–Crippen LogP) is 7.10. The summed E-state index contributed by atoms with van der Waals surface area (Å²) >= 11 is 6.07. The van der Waals surface area contributed by atoms with Crippen molar-refractivity contribution >= 4 is 59.7 Å². The van der Waals surface area contributed by atoms with Gasteiger partial charge in [-0.25, -0.2) is 9.82 Å². The van der Waals surface area contributed by atoms with Gasteiger partial charge in [-0.3, -0.25) is 4.79 Å². The molecule has 0 atom stereocenters. The van der Waals surface area contributed by atoms with Gasteiger partial charge in [-0.2, -0.15) is 20.1 Å². The summed E-state index contributed by atoms with van der Waals surface area (Å²) in [7, 11) is 0. The highest BCUT2D eigenvalue weighted by atomic mass is 35.5. The first-order valence-corrected chi connectivity index (χ1v) is 13.6. The van der Waals surface area contributed by atoms with E-state index in [0.717, 1.165) is 31.5 Å². The van der Waals surface area contributed by atoms with Crippen molar-refractivity contribution in [3.05, 3.63) is 77.3 Å². The second kappa shape index (κ2) is 16.3. The van der Waals surface area contributed by atoms with Crippen LogP contribution in [0, 0.1) is 5.82 Å². The zero-order chi connectivity index (χ0) is 29.0. The number of rotatable bonds is 8. The number of nitrogens with one attached hydrogen (secondary N) is 2. The van der Waals surface area contributed by atoms with E-state index in [0.29, 0.717) is 40.7 Å². The Morgan fingerprint density at radius 3 is 2.48 bits per heavy atom. The molecule has 0 spiro atoms. The fraction of sp³-hybridized carbons (Fsp3) is 0.276. The van der Waals surface area contributed by atoms with Crippen molar-refractivity contribution in [1.82, 2.24) is 15.0 Å². The van der Waals surface area contributed by atoms with E-state index < -0.39 is 0 Å². The molecule has 42 heavy (non-hydrogen) atoms. The first kappa shape index (κ1) is 32.3. The van der Waals surface area contributed by atoms with Crippen LogP contribution in [0.5, 0.6) is 0 Å². The van der Waals surface area contributed by atoms with Gasteiger partial charge >= 0.3 is 5.97 Å². The van der Waals surface area contributed by atoms with E-state index in [1.165, 1.54) is 25.5 Å². The van der Waals surface area contributed by atoms with Gasteiger partial charge in [0.1, 0.15) is 17.3 Å². The number of piperidine rings is 1. The van der Waals surface area contributed by atoms with Gasteiger partial charge < -0.3 is 19.4 Å². The van der Waals surface area contributed by atoms with Crippen molar-refractivity contribution in [2.24, 2.45) is 5.10 Å². The van der Waals surface area contributed by atoms with Crippen LogP contribution in [0.3, 0.4) is 0 Å². The molecule has 0 saturated carbocycles. The Morgan fingerprint density at radius 1 is 1.07 bits per heavy atom. The number of anilines is 4. The predicted molar refractivity (Wildman–Crippen MR) is 165 cm³/mol. The Hall–Kier alpha value is -4.22. The van der Waals surface area contributed by atoms with Gasteiger partial charge in [0.2, 0.25) is 17.8 Å². The van der Waals surface area contributed by atoms with Crippen molar-refractivity contribution in [1.29, 1.82) is 0 Å². The topological polar surface area (TPSA) is 118 Å². The quantitative estimate of drug-likeness (QED) is 0.121. The SMILES string of the molecule is CCOC(C)=O.Cl.Fc1ccc(Nc2nc(N/N=C/c3ccc(-c4cccc(Cl)c4)o3)nc(N3CCCCC3)n2)cc1. The number of hydrazone groups is 1. The van der Waals surface area contributed by atoms with Gasteiger partial charge in [0.05, 0.1) is 12.8 Å². The molecule has 0 aliphatic carbocycles. The number of benzene rings is 2. The van der Waals surface area contributed by atoms with Gasteiger partial charge in [-0.05, 0) is 74.7 Å². The van der Waals surface area contributed by atoms with Crippen LogP contribution in [0.2, 0.25) is 5.02 Å². The standard InChI is InChI=1S/C25H23ClFN7O.C4H8O2.ClH/c26-18-6-4-5-17(15-18)22-12-11-21(35-22)16-28-33-24-30-23(29-20-9-7-19(27)8-10-20)31-25(32-24)34-13-2-1-3-14-34;1-3-6-4(2)5;/h4-12,15-16H,1-3,13-14H2,(H2,29,30,31,32,33);3H2,1-2H3;1H/b28-16+;;. The summed E-state index contributed by atoms with van der Waals surface area (Å²) in [5.74, 6) is 1.90. The first-order valence-electron chi connectivity index (χ1n) is 13.2. The molecule has 0 radical (unpaired) electrons. The molecule has 1 saturated heterocycles. The van der Waals surface area contributed by atoms with Crippen molar-refractivity contribution in [2.45, 2.75) is 33.1 Å². The minimum Gasteiger partial charge on any atom is -0.466 e. The summed E-state index contributed by atoms with van der Waals surface area (Å²) in [4.78, 5) is 25.5. The molecule has 1 aliphatic heterocycles. The molecule has 4 aromatic rings. The van der Waals surface area contributed by atoms with E-state index in [1.807, 2.05) is 36.4 Å². The highest BCUT2D eigenvalue weighted by molar-refractivity contribution is 6.30. The maximum atomic E-state index is 13.3. The Balaban J connectivity index is 0.000000628. The molecule has 13 heteroatoms. The van der Waals surface area contributed by atoms with Crippen LogP contribution in [0.15, 0.2) is 70.2 Å². The number of hydrogen-bond donors (Lipinski definition) is 2. The summed E-state index contributed by atoms with van der Waals surface area (Å²) in [6.07, 6.45) is 4.91. The summed E-state index contributed by atoms with van der Waals surface area (Å²) in [5, 5.41) is 7.99. The number of carbonyl (C=O) groups is 1. The number of nitrogens with zero attached hydrogens (tertiary/aromatic N) is 5. The molecule has 1 aliphatic rings. The van der Waals surface area contributed by atoms with Gasteiger partial charge in [-0.15, -0.1) is 12.4 Å². The Kier molecular flexibility index (Phi) is 12.5. The largest absolute Gasteiger partial charge is 0.466 e. The molecule has 2 N–H and O–H groups in total. The second-order valence-corrected chi connectivity index (χ2v) is 9.41. The van der Waals surface area contributed by atoms with Gasteiger partial charge in [0.15, 0.2) is 0 Å². The van der Waals surface area contributed by atoms with Crippen LogP contribution >= 0.6 is 24.0 Å². The fourth-order valence-corrected chi connectivity index (χ4v) is 4.13. The second-order valence-electron chi connectivity index (χ2n) is 8.97. The maximum absolute atomic E-state index is 13.3. The van der Waals surface area contributed by atoms with Crippen LogP contribution in [0.4, 0.5) is 27.9 Å². The van der Waals surface area contributed by atoms with Crippen LogP contribution in [-0.4, -0.2) is 46.8 Å². The number of hydrogen-bond acceptors (Lipinski definition) is 10. The number of halogens is 3. The lowest BCUT2D eigenvalue weighted by Crippen LogP contribution is -2.31. The van der Waals surface area contributed by atoms with Gasteiger partial charge in [-0.1, -0.05) is 23.7 Å². The molecule has 10 nitrogen and oxygen atoms in total. The van der Waals surface area contributed by atoms with Crippen LogP contribution in [0.1, 0.15) is 38.9 Å². The maximum Gasteiger partial charge on any atom is 0.302 e. The van der Waals surface area contributed by atoms with E-state index in [9.17, 15) is 9.18 Å². The van der Waals surface area contributed by atoms with Gasteiger partial charge in [0.25, 0.3) is 0 Å². The average molecular weight is 617 g/mol. The molecule has 2 aromatic carbocycles. The van der Waals surface area contributed by atoms with Crippen molar-refractivity contribution in [3.8, 4) is 11.3 Å². The molecule has 0 unspecified atom stereocenters. The normalized spacial score (nSPS) is 12.6. The van der Waals surface area contributed by atoms with Crippen LogP contribution in [-0.2, 0) is 9.53 Å². The fourth-order valence-electron chi connectivity index (χ4n) is 3.94. The Bertz CT molecular complexity index is 1460. The summed E-state index contributed by atoms with van der Waals surface area (Å²) in [5.41, 5.74) is 4.41. The number of ether oxygens (including phenoxy) is 1. The first-order chi connectivity index (χ1) is 19.9. The molecule has 3 heterocycles. The highest BCUT2D eigenvalue weighted by Crippen LogP contribution is 2.25. The molecule has 0 amide bonds. The molecule has 5 rings (SSSR count). The molecular formula is C29H32Cl2FN7O3. The van der Waals surface area contributed by atoms with Crippen LogP contribution < -0.4 is 15.6 Å². The lowest BCUT2D eigenvalue weighted by atomic mass is 10.1. The van der Waals surface area contributed by atoms with E-state index in [2.05, 4.69) is 40.4 Å². The zero-order valence-corrected chi connectivity index (χ0v) is 24.8. The van der Waals surface area contributed by atoms with Crippen LogP contribution in [0.25, 0.3) is 11.3 Å². The summed E-state index contributed by atoms with van der Waals surface area (Å²) in [6.45, 7) is 5.41. The number of carbonyl (C=O) groups excluding carboxylic acids is 1. The summed E-state index contributed by atoms with van der Waals surface area (Å²) in [6, 6.07) is 17.1. The Morgan fingerprint density at radius 2 is 1.81 bits per heavy atom. The van der Waals surface area contributed by atoms with Crippen molar-refractivity contribution in [2.75, 3.05) is 35.3 Å². The minimum absolute atomic E-state index is 0. The molecular weight excluding hydrogens is 584 g/mol. The monoisotopic (exact) mass is 615 g/mol. The molecule has 1 fully saturated rings. The minimum atomic E-state index is -0.312. The van der Waals surface area contributed by atoms with E-state index >= 15 is 0 Å². The zero-order valence-electron chi connectivity index (χ0n) is 23.2. The van der Waals surface area contributed by atoms with Crippen molar-refractivity contribution in [3.63, 3.8) is 0 Å². The summed E-state index contributed by atoms with van der Waals surface area (Å²) < 4.78 is 23.5. The Labute approximate surface area is 254 Å². The molecule has 0 bridgehead atoms. The third-order valence-electron chi connectivity index (χ3n) is 5.80. The number of furan rings is 1. The smallest absolute Gasteiger partial charge is 0.302 e. The number of aromatic nitrogens is 3. The van der Waals surface area contributed by atoms with Crippen molar-refractivity contribution < 1.29 is 18.3 Å². The average Bonchev–Trinajstić information content (AvgIpc) is 3.44. The lowest BCUT2D eigenvalue weighted by Gasteiger charge is -2.26. The molecule has 2 aromatic heterocycles. The highest BCUT2D eigenvalue weighted by Gasteiger charge is 2.16. The number of esters is 1. The third kappa shape index (κ3) is 10.0. The molecule has 222 valence electrons. The van der Waals surface area contributed by atoms with Gasteiger partial charge in [0, 0.05) is 36.3 Å². The van der Waals surface area contributed by atoms with E-state index in [1.54, 1.807) is 25.3 Å². The van der Waals surface area contributed by atoms with E-state index in [-0.39, 0.29) is 30.1 Å². The third-order valence-corrected chi connectivity index (χ3v) is 6.04.